The summed E-state index contributed by atoms with van der Waals surface area (Å²) in [5, 5.41) is 2.98. The smallest absolute Gasteiger partial charge is 0.244 e. The number of anilines is 1. The van der Waals surface area contributed by atoms with Gasteiger partial charge in [0.25, 0.3) is 0 Å². The fraction of sp³-hybridized carbons (Fsp3) is 0.355. The normalized spacial score (nSPS) is 12.7. The van der Waals surface area contributed by atoms with Gasteiger partial charge in [0.2, 0.25) is 21.8 Å². The molecule has 0 saturated carbocycles. The summed E-state index contributed by atoms with van der Waals surface area (Å²) in [7, 11) is -3.83. The Morgan fingerprint density at radius 3 is 2.12 bits per heavy atom. The predicted molar refractivity (Wildman–Crippen MR) is 159 cm³/mol. The fourth-order valence-electron chi connectivity index (χ4n) is 4.29. The molecule has 2 amide bonds. The number of benzene rings is 3. The van der Waals surface area contributed by atoms with E-state index in [1.807, 2.05) is 82.3 Å². The van der Waals surface area contributed by atoms with E-state index in [0.29, 0.717) is 23.6 Å². The SMILES string of the molecule is CC[C@H](C(=O)N[C@@H](C)CC)N(Cc1cccc(C)c1)C(=O)CN(c1ccc(Oc2ccccc2)cc1)S(C)(=O)=O. The van der Waals surface area contributed by atoms with Gasteiger partial charge < -0.3 is 15.0 Å². The van der Waals surface area contributed by atoms with Crippen molar-refractivity contribution in [1.82, 2.24) is 10.2 Å². The van der Waals surface area contributed by atoms with Crippen LogP contribution in [0.5, 0.6) is 11.5 Å². The van der Waals surface area contributed by atoms with Crippen molar-refractivity contribution in [3.8, 4) is 11.5 Å². The van der Waals surface area contributed by atoms with E-state index in [-0.39, 0.29) is 18.5 Å². The zero-order valence-electron chi connectivity index (χ0n) is 23.8. The first-order valence-corrected chi connectivity index (χ1v) is 15.3. The summed E-state index contributed by atoms with van der Waals surface area (Å²) in [5.41, 5.74) is 2.21. The summed E-state index contributed by atoms with van der Waals surface area (Å²) < 4.78 is 32.6. The summed E-state index contributed by atoms with van der Waals surface area (Å²) >= 11 is 0. The van der Waals surface area contributed by atoms with Gasteiger partial charge in [-0.15, -0.1) is 0 Å². The monoisotopic (exact) mass is 565 g/mol. The van der Waals surface area contributed by atoms with E-state index in [9.17, 15) is 18.0 Å². The maximum absolute atomic E-state index is 13.8. The Bertz CT molecular complexity index is 1380. The van der Waals surface area contributed by atoms with Gasteiger partial charge in [0, 0.05) is 12.6 Å². The van der Waals surface area contributed by atoms with Crippen molar-refractivity contribution >= 4 is 27.5 Å². The van der Waals surface area contributed by atoms with Gasteiger partial charge in [-0.05, 0) is 68.7 Å². The molecule has 8 nitrogen and oxygen atoms in total. The number of hydrogen-bond donors (Lipinski definition) is 1. The van der Waals surface area contributed by atoms with Crippen molar-refractivity contribution in [2.75, 3.05) is 17.1 Å². The number of aryl methyl sites for hydroxylation is 1. The highest BCUT2D eigenvalue weighted by molar-refractivity contribution is 7.92. The van der Waals surface area contributed by atoms with Gasteiger partial charge in [-0.25, -0.2) is 8.42 Å². The molecule has 0 aliphatic rings. The van der Waals surface area contributed by atoms with Crippen LogP contribution < -0.4 is 14.4 Å². The molecule has 40 heavy (non-hydrogen) atoms. The lowest BCUT2D eigenvalue weighted by atomic mass is 10.1. The first kappa shape index (κ1) is 30.7. The van der Waals surface area contributed by atoms with Gasteiger partial charge in [-0.2, -0.15) is 0 Å². The van der Waals surface area contributed by atoms with Crippen molar-refractivity contribution in [2.24, 2.45) is 0 Å². The molecule has 1 N–H and O–H groups in total. The summed E-state index contributed by atoms with van der Waals surface area (Å²) in [6.07, 6.45) is 2.19. The third-order valence-electron chi connectivity index (χ3n) is 6.61. The maximum Gasteiger partial charge on any atom is 0.244 e. The van der Waals surface area contributed by atoms with Crippen LogP contribution in [0.1, 0.15) is 44.7 Å². The lowest BCUT2D eigenvalue weighted by Crippen LogP contribution is -2.53. The lowest BCUT2D eigenvalue weighted by molar-refractivity contribution is -0.140. The number of sulfonamides is 1. The average Bonchev–Trinajstić information content (AvgIpc) is 2.92. The average molecular weight is 566 g/mol. The van der Waals surface area contributed by atoms with Crippen LogP contribution >= 0.6 is 0 Å². The van der Waals surface area contributed by atoms with Crippen molar-refractivity contribution in [1.29, 1.82) is 0 Å². The molecule has 3 rings (SSSR count). The molecule has 3 aromatic carbocycles. The van der Waals surface area contributed by atoms with E-state index in [2.05, 4.69) is 5.32 Å². The van der Waals surface area contributed by atoms with Gasteiger partial charge in [0.15, 0.2) is 0 Å². The Morgan fingerprint density at radius 1 is 0.900 bits per heavy atom. The van der Waals surface area contributed by atoms with Crippen molar-refractivity contribution in [3.05, 3.63) is 90.0 Å². The number of carbonyl (C=O) groups is 2. The van der Waals surface area contributed by atoms with Crippen LogP contribution in [0.25, 0.3) is 0 Å². The third-order valence-corrected chi connectivity index (χ3v) is 7.75. The summed E-state index contributed by atoms with van der Waals surface area (Å²) in [6.45, 7) is 7.41. The fourth-order valence-corrected chi connectivity index (χ4v) is 5.14. The molecule has 0 radical (unpaired) electrons. The van der Waals surface area contributed by atoms with Crippen LogP contribution in [-0.4, -0.2) is 50.0 Å². The predicted octanol–water partition coefficient (Wildman–Crippen LogP) is 5.28. The number of hydrogen-bond acceptors (Lipinski definition) is 5. The van der Waals surface area contributed by atoms with E-state index < -0.39 is 28.5 Å². The highest BCUT2D eigenvalue weighted by atomic mass is 32.2. The maximum atomic E-state index is 13.8. The molecule has 0 spiro atoms. The first-order valence-electron chi connectivity index (χ1n) is 13.5. The number of para-hydroxylation sites is 1. The number of nitrogens with one attached hydrogen (secondary N) is 1. The highest BCUT2D eigenvalue weighted by Gasteiger charge is 2.32. The highest BCUT2D eigenvalue weighted by Crippen LogP contribution is 2.26. The van der Waals surface area contributed by atoms with Crippen LogP contribution in [0.4, 0.5) is 5.69 Å². The number of carbonyl (C=O) groups excluding carboxylic acids is 2. The molecule has 9 heteroatoms. The Labute approximate surface area is 238 Å². The molecule has 0 aliphatic carbocycles. The van der Waals surface area contributed by atoms with Gasteiger partial charge in [-0.3, -0.25) is 13.9 Å². The molecule has 214 valence electrons. The van der Waals surface area contributed by atoms with Gasteiger partial charge in [0.05, 0.1) is 11.9 Å². The zero-order chi connectivity index (χ0) is 29.3. The number of amides is 2. The molecule has 0 saturated heterocycles. The second-order valence-corrected chi connectivity index (χ2v) is 11.8. The number of ether oxygens (including phenoxy) is 1. The largest absolute Gasteiger partial charge is 0.457 e. The Kier molecular flexibility index (Phi) is 10.7. The van der Waals surface area contributed by atoms with E-state index >= 15 is 0 Å². The summed E-state index contributed by atoms with van der Waals surface area (Å²) in [4.78, 5) is 28.6. The topological polar surface area (TPSA) is 96.0 Å². The van der Waals surface area contributed by atoms with Crippen molar-refractivity contribution < 1.29 is 22.7 Å². The Balaban J connectivity index is 1.90. The van der Waals surface area contributed by atoms with Crippen molar-refractivity contribution in [2.45, 2.75) is 59.2 Å². The summed E-state index contributed by atoms with van der Waals surface area (Å²) in [5.74, 6) is 0.455. The molecule has 0 aliphatic heterocycles. The van der Waals surface area contributed by atoms with Crippen molar-refractivity contribution in [3.63, 3.8) is 0 Å². The van der Waals surface area contributed by atoms with Crippen LogP contribution in [0.15, 0.2) is 78.9 Å². The second kappa shape index (κ2) is 14.0. The molecule has 0 aromatic heterocycles. The van der Waals surface area contributed by atoms with Gasteiger partial charge in [-0.1, -0.05) is 61.9 Å². The Morgan fingerprint density at radius 2 is 1.55 bits per heavy atom. The molecule has 0 fully saturated rings. The van der Waals surface area contributed by atoms with E-state index in [0.717, 1.165) is 28.1 Å². The van der Waals surface area contributed by atoms with E-state index in [1.54, 1.807) is 24.3 Å². The number of nitrogens with zero attached hydrogens (tertiary/aromatic N) is 2. The molecular weight excluding hydrogens is 526 g/mol. The Hall–Kier alpha value is -3.85. The van der Waals surface area contributed by atoms with E-state index in [4.69, 9.17) is 4.74 Å². The van der Waals surface area contributed by atoms with E-state index in [1.165, 1.54) is 4.90 Å². The van der Waals surface area contributed by atoms with Gasteiger partial charge in [0.1, 0.15) is 24.1 Å². The number of rotatable bonds is 13. The molecule has 0 unspecified atom stereocenters. The molecule has 0 bridgehead atoms. The standard InChI is InChI=1S/C31H39N3O5S/c1-6-24(4)32-31(36)29(7-2)33(21-25-13-11-12-23(3)20-25)30(35)22-34(40(5,37)38)26-16-18-28(19-17-26)39-27-14-9-8-10-15-27/h8-20,24,29H,6-7,21-22H2,1-5H3,(H,32,36)/t24-,29+/m0/s1. The van der Waals surface area contributed by atoms with Crippen LogP contribution in [0.3, 0.4) is 0 Å². The summed E-state index contributed by atoms with van der Waals surface area (Å²) in [6, 6.07) is 22.6. The molecular formula is C31H39N3O5S. The van der Waals surface area contributed by atoms with Crippen LogP contribution in [0, 0.1) is 6.92 Å². The minimum atomic E-state index is -3.83. The van der Waals surface area contributed by atoms with Crippen LogP contribution in [-0.2, 0) is 26.2 Å². The quantitative estimate of drug-likeness (QED) is 0.304. The second-order valence-electron chi connectivity index (χ2n) is 9.93. The van der Waals surface area contributed by atoms with Gasteiger partial charge >= 0.3 is 0 Å². The molecule has 0 heterocycles. The minimum absolute atomic E-state index is 0.0541. The van der Waals surface area contributed by atoms with Crippen LogP contribution in [0.2, 0.25) is 0 Å². The third kappa shape index (κ3) is 8.58. The minimum Gasteiger partial charge on any atom is -0.457 e. The first-order chi connectivity index (χ1) is 19.0. The molecule has 2 atom stereocenters. The zero-order valence-corrected chi connectivity index (χ0v) is 24.6. The lowest BCUT2D eigenvalue weighted by Gasteiger charge is -2.33. The molecule has 3 aromatic rings.